The van der Waals surface area contributed by atoms with E-state index in [1.54, 1.807) is 12.1 Å². The lowest BCUT2D eigenvalue weighted by molar-refractivity contribution is 0.337. The number of nitrogens with zero attached hydrogens (tertiary/aromatic N) is 1. The van der Waals surface area contributed by atoms with Gasteiger partial charge in [0.15, 0.2) is 9.84 Å². The molecule has 0 radical (unpaired) electrons. The first-order chi connectivity index (χ1) is 10.1. The van der Waals surface area contributed by atoms with Gasteiger partial charge in [0.2, 0.25) is 0 Å². The molecule has 1 aliphatic heterocycles. The Bertz CT molecular complexity index is 520. The second-order valence-electron chi connectivity index (χ2n) is 5.67. The summed E-state index contributed by atoms with van der Waals surface area (Å²) in [6.45, 7) is 6.44. The lowest BCUT2D eigenvalue weighted by atomic mass is 10.3. The molecule has 1 aromatic carbocycles. The molecule has 5 heteroatoms. The fourth-order valence-corrected chi connectivity index (χ4v) is 4.03. The Morgan fingerprint density at radius 3 is 2.43 bits per heavy atom. The summed E-state index contributed by atoms with van der Waals surface area (Å²) >= 11 is 0. The van der Waals surface area contributed by atoms with Crippen LogP contribution < -0.4 is 5.32 Å². The van der Waals surface area contributed by atoms with E-state index in [9.17, 15) is 8.42 Å². The number of sulfone groups is 1. The van der Waals surface area contributed by atoms with E-state index in [4.69, 9.17) is 0 Å². The molecule has 2 rings (SSSR count). The van der Waals surface area contributed by atoms with E-state index < -0.39 is 9.84 Å². The Morgan fingerprint density at radius 2 is 1.81 bits per heavy atom. The minimum atomic E-state index is -3.10. The molecule has 0 bridgehead atoms. The Balaban J connectivity index is 1.77. The quantitative estimate of drug-likeness (QED) is 0.750. The maximum absolute atomic E-state index is 11.9. The number of anilines is 1. The zero-order chi connectivity index (χ0) is 15.1. The number of benzene rings is 1. The molecule has 1 N–H and O–H groups in total. The van der Waals surface area contributed by atoms with Crippen LogP contribution in [0.3, 0.4) is 0 Å². The van der Waals surface area contributed by atoms with Crippen molar-refractivity contribution in [2.75, 3.05) is 37.2 Å². The zero-order valence-electron chi connectivity index (χ0n) is 12.8. The Labute approximate surface area is 128 Å². The largest absolute Gasteiger partial charge is 0.385 e. The molecule has 1 aliphatic rings. The van der Waals surface area contributed by atoms with Gasteiger partial charge < -0.3 is 10.2 Å². The minimum absolute atomic E-state index is 0.218. The first-order valence-corrected chi connectivity index (χ1v) is 9.56. The van der Waals surface area contributed by atoms with Crippen molar-refractivity contribution in [3.05, 3.63) is 24.3 Å². The van der Waals surface area contributed by atoms with Crippen LogP contribution in [0, 0.1) is 0 Å². The summed E-state index contributed by atoms with van der Waals surface area (Å²) < 4.78 is 23.8. The van der Waals surface area contributed by atoms with Crippen molar-refractivity contribution in [2.24, 2.45) is 0 Å². The van der Waals surface area contributed by atoms with Gasteiger partial charge >= 0.3 is 0 Å². The summed E-state index contributed by atoms with van der Waals surface area (Å²) in [6.07, 6.45) is 4.44. The number of hydrogen-bond acceptors (Lipinski definition) is 4. The van der Waals surface area contributed by atoms with E-state index in [1.807, 2.05) is 19.1 Å². The molecule has 1 aromatic rings. The van der Waals surface area contributed by atoms with Gasteiger partial charge in [0, 0.05) is 12.2 Å². The molecular weight excluding hydrogens is 284 g/mol. The second-order valence-corrected chi connectivity index (χ2v) is 7.78. The SMILES string of the molecule is CCCS(=O)(=O)c1ccc(NCCCN2CCCC2)cc1. The van der Waals surface area contributed by atoms with Crippen molar-refractivity contribution in [3.63, 3.8) is 0 Å². The highest BCUT2D eigenvalue weighted by Gasteiger charge is 2.12. The predicted octanol–water partition coefficient (Wildman–Crippen LogP) is 2.77. The highest BCUT2D eigenvalue weighted by molar-refractivity contribution is 7.91. The smallest absolute Gasteiger partial charge is 0.178 e. The average Bonchev–Trinajstić information content (AvgIpc) is 2.97. The van der Waals surface area contributed by atoms with Gasteiger partial charge in [-0.25, -0.2) is 8.42 Å². The van der Waals surface area contributed by atoms with Gasteiger partial charge in [-0.15, -0.1) is 0 Å². The summed E-state index contributed by atoms with van der Waals surface area (Å²) in [7, 11) is -3.10. The monoisotopic (exact) mass is 310 g/mol. The van der Waals surface area contributed by atoms with E-state index in [2.05, 4.69) is 10.2 Å². The maximum atomic E-state index is 11.9. The van der Waals surface area contributed by atoms with Crippen LogP contribution in [0.15, 0.2) is 29.2 Å². The first-order valence-electron chi connectivity index (χ1n) is 7.91. The van der Waals surface area contributed by atoms with Crippen molar-refractivity contribution in [3.8, 4) is 0 Å². The van der Waals surface area contributed by atoms with E-state index in [1.165, 1.54) is 25.9 Å². The number of nitrogens with one attached hydrogen (secondary N) is 1. The Kier molecular flexibility index (Phi) is 6.06. The number of hydrogen-bond donors (Lipinski definition) is 1. The van der Waals surface area contributed by atoms with Crippen molar-refractivity contribution < 1.29 is 8.42 Å². The van der Waals surface area contributed by atoms with Crippen LogP contribution in [0.2, 0.25) is 0 Å². The van der Waals surface area contributed by atoms with Crippen molar-refractivity contribution >= 4 is 15.5 Å². The van der Waals surface area contributed by atoms with Crippen molar-refractivity contribution in [1.82, 2.24) is 4.90 Å². The summed E-state index contributed by atoms with van der Waals surface area (Å²) in [5.74, 6) is 0.218. The molecule has 0 aliphatic carbocycles. The standard InChI is InChI=1S/C16H26N2O2S/c1-2-14-21(19,20)16-8-6-15(7-9-16)17-10-5-13-18-11-3-4-12-18/h6-9,17H,2-5,10-14H2,1H3. The second kappa shape index (κ2) is 7.80. The summed E-state index contributed by atoms with van der Waals surface area (Å²) in [6, 6.07) is 7.12. The van der Waals surface area contributed by atoms with Crippen LogP contribution in [-0.4, -0.2) is 45.2 Å². The molecule has 0 spiro atoms. The van der Waals surface area contributed by atoms with Gasteiger partial charge in [-0.05, 0) is 69.6 Å². The molecule has 4 nitrogen and oxygen atoms in total. The van der Waals surface area contributed by atoms with Crippen LogP contribution >= 0.6 is 0 Å². The van der Waals surface area contributed by atoms with E-state index in [0.717, 1.165) is 25.2 Å². The minimum Gasteiger partial charge on any atom is -0.385 e. The van der Waals surface area contributed by atoms with E-state index in [-0.39, 0.29) is 5.75 Å². The molecule has 0 aromatic heterocycles. The average molecular weight is 310 g/mol. The van der Waals surface area contributed by atoms with Gasteiger partial charge in [0.1, 0.15) is 0 Å². The Hall–Kier alpha value is -1.07. The molecule has 0 atom stereocenters. The summed E-state index contributed by atoms with van der Waals surface area (Å²) in [4.78, 5) is 2.93. The fourth-order valence-electron chi connectivity index (χ4n) is 2.71. The van der Waals surface area contributed by atoms with Gasteiger partial charge in [-0.3, -0.25) is 0 Å². The molecule has 118 valence electrons. The highest BCUT2D eigenvalue weighted by atomic mass is 32.2. The zero-order valence-corrected chi connectivity index (χ0v) is 13.7. The highest BCUT2D eigenvalue weighted by Crippen LogP contribution is 2.16. The molecule has 0 unspecified atom stereocenters. The lowest BCUT2D eigenvalue weighted by Crippen LogP contribution is -2.22. The van der Waals surface area contributed by atoms with Crippen LogP contribution in [-0.2, 0) is 9.84 Å². The summed E-state index contributed by atoms with van der Waals surface area (Å²) in [5.41, 5.74) is 0.992. The van der Waals surface area contributed by atoms with E-state index in [0.29, 0.717) is 11.3 Å². The first kappa shape index (κ1) is 16.3. The molecule has 1 heterocycles. The lowest BCUT2D eigenvalue weighted by Gasteiger charge is -2.14. The van der Waals surface area contributed by atoms with E-state index >= 15 is 0 Å². The normalized spacial score (nSPS) is 16.2. The third-order valence-electron chi connectivity index (χ3n) is 3.87. The molecule has 0 amide bonds. The topological polar surface area (TPSA) is 49.4 Å². The maximum Gasteiger partial charge on any atom is 0.178 e. The van der Waals surface area contributed by atoms with Crippen molar-refractivity contribution in [1.29, 1.82) is 0 Å². The number of rotatable bonds is 8. The number of likely N-dealkylation sites (tertiary alicyclic amines) is 1. The third-order valence-corrected chi connectivity index (χ3v) is 5.80. The predicted molar refractivity (Wildman–Crippen MR) is 87.6 cm³/mol. The molecule has 1 saturated heterocycles. The van der Waals surface area contributed by atoms with Gasteiger partial charge in [-0.1, -0.05) is 6.92 Å². The molecular formula is C16H26N2O2S. The molecule has 21 heavy (non-hydrogen) atoms. The molecule has 1 fully saturated rings. The van der Waals surface area contributed by atoms with Crippen molar-refractivity contribution in [2.45, 2.75) is 37.5 Å². The van der Waals surface area contributed by atoms with Gasteiger partial charge in [0.05, 0.1) is 10.6 Å². The summed E-state index contributed by atoms with van der Waals surface area (Å²) in [5, 5.41) is 3.36. The Morgan fingerprint density at radius 1 is 1.14 bits per heavy atom. The fraction of sp³-hybridized carbons (Fsp3) is 0.625. The van der Waals surface area contributed by atoms with Crippen LogP contribution in [0.4, 0.5) is 5.69 Å². The van der Waals surface area contributed by atoms with Gasteiger partial charge in [0.25, 0.3) is 0 Å². The third kappa shape index (κ3) is 5.00. The van der Waals surface area contributed by atoms with Crippen LogP contribution in [0.5, 0.6) is 0 Å². The molecule has 0 saturated carbocycles. The van der Waals surface area contributed by atoms with Gasteiger partial charge in [-0.2, -0.15) is 0 Å². The van der Waals surface area contributed by atoms with Crippen LogP contribution in [0.1, 0.15) is 32.6 Å². The van der Waals surface area contributed by atoms with Crippen LogP contribution in [0.25, 0.3) is 0 Å².